The lowest BCUT2D eigenvalue weighted by molar-refractivity contribution is -0.172. The normalized spacial score (nSPS) is 20.0. The van der Waals surface area contributed by atoms with Crippen LogP contribution >= 0.6 is 11.6 Å². The van der Waals surface area contributed by atoms with E-state index in [9.17, 15) is 14.3 Å². The average molecular weight is 675 g/mol. The molecular weight excluding hydrogens is 626 g/mol. The molecule has 4 rings (SSSR count). The van der Waals surface area contributed by atoms with Gasteiger partial charge in [-0.3, -0.25) is 19.3 Å². The number of piperidine rings is 1. The van der Waals surface area contributed by atoms with Crippen molar-refractivity contribution in [2.75, 3.05) is 26.0 Å². The molecule has 1 aliphatic heterocycles. The van der Waals surface area contributed by atoms with Crippen LogP contribution in [-0.4, -0.2) is 67.9 Å². The molecule has 1 unspecified atom stereocenters. The number of benzene rings is 1. The topological polar surface area (TPSA) is 95.8 Å². The summed E-state index contributed by atoms with van der Waals surface area (Å²) in [5.41, 5.74) is -0.722. The first-order chi connectivity index (χ1) is 21.7. The third kappa shape index (κ3) is 8.49. The fourth-order valence-electron chi connectivity index (χ4n) is 6.22. The number of hydrogen-bond acceptors (Lipinski definition) is 8. The molecule has 0 radical (unpaired) electrons. The van der Waals surface area contributed by atoms with Gasteiger partial charge in [0.2, 0.25) is 0 Å². The Bertz CT molecular complexity index is 1600. The number of aryl methyl sites for hydroxylation is 1. The fraction of sp³-hybridized carbons (Fsp3) is 0.571. The van der Waals surface area contributed by atoms with Crippen molar-refractivity contribution in [2.24, 2.45) is 5.41 Å². The summed E-state index contributed by atoms with van der Waals surface area (Å²) in [7, 11) is 3.29. The zero-order chi connectivity index (χ0) is 35.1. The predicted molar refractivity (Wildman–Crippen MR) is 181 cm³/mol. The number of ether oxygens (including phenoxy) is 1. The van der Waals surface area contributed by atoms with Crippen LogP contribution < -0.4 is 5.32 Å². The molecule has 47 heavy (non-hydrogen) atoms. The van der Waals surface area contributed by atoms with Crippen LogP contribution in [0.5, 0.6) is 0 Å². The van der Waals surface area contributed by atoms with Gasteiger partial charge in [0.25, 0.3) is 0 Å². The van der Waals surface area contributed by atoms with Gasteiger partial charge in [0.05, 0.1) is 21.7 Å². The number of likely N-dealkylation sites (tertiary alicyclic amines) is 1. The van der Waals surface area contributed by atoms with Crippen molar-refractivity contribution < 1.29 is 23.4 Å². The largest absolute Gasteiger partial charge is 0.460 e. The summed E-state index contributed by atoms with van der Waals surface area (Å²) in [4.78, 5) is 22.3. The maximum Gasteiger partial charge on any atom is 0.313 e. The van der Waals surface area contributed by atoms with Crippen LogP contribution in [0.1, 0.15) is 90.1 Å². The minimum absolute atomic E-state index is 0.0238. The predicted octanol–water partition coefficient (Wildman–Crippen LogP) is 7.12. The number of carbonyl (C=O) groups excluding carboxylic acids is 1. The second-order valence-electron chi connectivity index (χ2n) is 15.0. The van der Waals surface area contributed by atoms with Crippen molar-refractivity contribution in [2.45, 2.75) is 105 Å². The number of carbonyl (C=O) groups is 1. The van der Waals surface area contributed by atoms with Crippen molar-refractivity contribution in [3.05, 3.63) is 69.5 Å². The summed E-state index contributed by atoms with van der Waals surface area (Å²) in [5, 5.41) is 19.0. The number of aromatic nitrogens is 3. The highest BCUT2D eigenvalue weighted by atomic mass is 35.5. The summed E-state index contributed by atoms with van der Waals surface area (Å²) in [6.07, 6.45) is -0.676. The first-order valence-corrected chi connectivity index (χ1v) is 16.4. The fourth-order valence-corrected chi connectivity index (χ4v) is 6.42. The molecule has 0 saturated carbocycles. The first-order valence-electron chi connectivity index (χ1n) is 16.0. The zero-order valence-electron chi connectivity index (χ0n) is 29.2. The maximum atomic E-state index is 16.4. The lowest BCUT2D eigenvalue weighted by Crippen LogP contribution is -2.51. The van der Waals surface area contributed by atoms with E-state index in [4.69, 9.17) is 16.3 Å². The summed E-state index contributed by atoms with van der Waals surface area (Å²) in [5.74, 6) is -0.788. The molecule has 0 amide bonds. The Labute approximate surface area is 282 Å². The third-order valence-electron chi connectivity index (χ3n) is 8.53. The van der Waals surface area contributed by atoms with Crippen molar-refractivity contribution >= 4 is 29.2 Å². The number of hydrogen-bond donors (Lipinski definition) is 2. The smallest absolute Gasteiger partial charge is 0.313 e. The molecule has 2 N–H and O–H groups in total. The minimum Gasteiger partial charge on any atom is -0.460 e. The first kappa shape index (κ1) is 36.7. The Morgan fingerprint density at radius 3 is 2.43 bits per heavy atom. The standard InChI is InChI=1S/C35H49ClF2N6O3/c1-21-16-28(41-44(21)33(3,4)5)40-27-17-24(31(45)42(9)10)30(38)26(39-27)19-35(32(46)47-34(6,7)8)14-15-43(22(2)18-35)20-23-12-11-13-25(36)29(23)37/h11-13,16-17,22,31,45H,14-15,18-20H2,1-10H3,(H,39,40,41)/t22-,31?,35-/m1/s1. The number of aliphatic hydroxyl groups is 1. The van der Waals surface area contributed by atoms with Crippen LogP contribution in [0.3, 0.4) is 0 Å². The zero-order valence-corrected chi connectivity index (χ0v) is 30.0. The Morgan fingerprint density at radius 2 is 1.85 bits per heavy atom. The lowest BCUT2D eigenvalue weighted by Gasteiger charge is -2.45. The van der Waals surface area contributed by atoms with E-state index in [1.807, 2.05) is 45.4 Å². The number of halogens is 3. The SMILES string of the molecule is Cc1cc(Nc2cc(C(O)N(C)C)c(F)c(C[C@@]3(C(=O)OC(C)(C)C)CCN(Cc4cccc(Cl)c4F)[C@H](C)C3)n2)nn1C(C)(C)C. The number of nitrogens with one attached hydrogen (secondary N) is 1. The molecule has 1 aromatic carbocycles. The second kappa shape index (κ2) is 13.8. The lowest BCUT2D eigenvalue weighted by atomic mass is 9.71. The Morgan fingerprint density at radius 1 is 1.17 bits per heavy atom. The summed E-state index contributed by atoms with van der Waals surface area (Å²) in [6, 6.07) is 8.09. The van der Waals surface area contributed by atoms with Gasteiger partial charge >= 0.3 is 5.97 Å². The van der Waals surface area contributed by atoms with E-state index < -0.39 is 34.8 Å². The number of esters is 1. The minimum atomic E-state index is -1.27. The maximum absolute atomic E-state index is 16.4. The van der Waals surface area contributed by atoms with Crippen LogP contribution in [-0.2, 0) is 28.0 Å². The van der Waals surface area contributed by atoms with Crippen LogP contribution in [0, 0.1) is 24.0 Å². The molecule has 1 saturated heterocycles. The molecule has 2 aromatic heterocycles. The summed E-state index contributed by atoms with van der Waals surface area (Å²) >= 11 is 6.04. The number of nitrogens with zero attached hydrogens (tertiary/aromatic N) is 5. The molecule has 258 valence electrons. The van der Waals surface area contributed by atoms with Gasteiger partial charge in [0.1, 0.15) is 23.5 Å². The van der Waals surface area contributed by atoms with E-state index in [2.05, 4.69) is 20.3 Å². The van der Waals surface area contributed by atoms with Crippen LogP contribution in [0.15, 0.2) is 30.3 Å². The van der Waals surface area contributed by atoms with E-state index in [0.29, 0.717) is 37.3 Å². The van der Waals surface area contributed by atoms with E-state index in [-0.39, 0.29) is 40.1 Å². The monoisotopic (exact) mass is 674 g/mol. The molecule has 3 heterocycles. The molecule has 9 nitrogen and oxygen atoms in total. The number of anilines is 2. The highest BCUT2D eigenvalue weighted by Crippen LogP contribution is 2.42. The van der Waals surface area contributed by atoms with E-state index >= 15 is 4.39 Å². The van der Waals surface area contributed by atoms with Gasteiger partial charge in [-0.05, 0) is 101 Å². The van der Waals surface area contributed by atoms with Gasteiger partial charge in [-0.15, -0.1) is 0 Å². The Kier molecular flexibility index (Phi) is 10.8. The van der Waals surface area contributed by atoms with Gasteiger partial charge in [-0.2, -0.15) is 5.10 Å². The number of pyridine rings is 1. The van der Waals surface area contributed by atoms with Crippen LogP contribution in [0.4, 0.5) is 20.4 Å². The molecule has 0 spiro atoms. The second-order valence-corrected chi connectivity index (χ2v) is 15.4. The third-order valence-corrected chi connectivity index (χ3v) is 8.82. The summed E-state index contributed by atoms with van der Waals surface area (Å²) in [6.45, 7) is 16.2. The van der Waals surface area contributed by atoms with Gasteiger partial charge in [-0.1, -0.05) is 23.7 Å². The number of aliphatic hydroxyl groups excluding tert-OH is 1. The molecular formula is C35H49ClF2N6O3. The van der Waals surface area contributed by atoms with E-state index in [1.54, 1.807) is 47.0 Å². The Hall–Kier alpha value is -3.12. The van der Waals surface area contributed by atoms with Gasteiger partial charge in [-0.25, -0.2) is 13.8 Å². The van der Waals surface area contributed by atoms with Crippen LogP contribution in [0.2, 0.25) is 5.02 Å². The summed E-state index contributed by atoms with van der Waals surface area (Å²) < 4.78 is 39.0. The molecule has 0 bridgehead atoms. The van der Waals surface area contributed by atoms with Crippen molar-refractivity contribution in [3.8, 4) is 0 Å². The molecule has 3 atom stereocenters. The average Bonchev–Trinajstić information content (AvgIpc) is 3.33. The van der Waals surface area contributed by atoms with Crippen molar-refractivity contribution in [3.63, 3.8) is 0 Å². The van der Waals surface area contributed by atoms with Crippen molar-refractivity contribution in [1.29, 1.82) is 0 Å². The van der Waals surface area contributed by atoms with Gasteiger partial charge in [0.15, 0.2) is 11.6 Å². The molecule has 0 aliphatic carbocycles. The van der Waals surface area contributed by atoms with Gasteiger partial charge < -0.3 is 15.2 Å². The highest BCUT2D eigenvalue weighted by molar-refractivity contribution is 6.30. The van der Waals surface area contributed by atoms with E-state index in [0.717, 1.165) is 5.69 Å². The highest BCUT2D eigenvalue weighted by Gasteiger charge is 2.47. The molecule has 12 heteroatoms. The van der Waals surface area contributed by atoms with E-state index in [1.165, 1.54) is 17.0 Å². The Balaban J connectivity index is 1.74. The van der Waals surface area contributed by atoms with Gasteiger partial charge in [0, 0.05) is 41.9 Å². The quantitative estimate of drug-likeness (QED) is 0.183. The number of rotatable bonds is 9. The van der Waals surface area contributed by atoms with Crippen LogP contribution in [0.25, 0.3) is 0 Å². The van der Waals surface area contributed by atoms with Crippen molar-refractivity contribution in [1.82, 2.24) is 24.6 Å². The molecule has 1 aliphatic rings. The molecule has 1 fully saturated rings. The molecule has 3 aromatic rings.